The Morgan fingerprint density at radius 1 is 0.818 bits per heavy atom. The molecular weight excluding hydrogens is 585 g/mol. The van der Waals surface area contributed by atoms with Crippen LogP contribution in [0.15, 0.2) is 103 Å². The topological polar surface area (TPSA) is 51.6 Å². The summed E-state index contributed by atoms with van der Waals surface area (Å²) in [5.41, 5.74) is 3.90. The number of hydrogen-bond acceptors (Lipinski definition) is 4. The van der Waals surface area contributed by atoms with E-state index in [1.54, 1.807) is 19.4 Å². The van der Waals surface area contributed by atoms with Gasteiger partial charge < -0.3 is 24.3 Å². The predicted molar refractivity (Wildman–Crippen MR) is 168 cm³/mol. The lowest BCUT2D eigenvalue weighted by Gasteiger charge is -2.28. The fourth-order valence-corrected chi connectivity index (χ4v) is 6.06. The van der Waals surface area contributed by atoms with E-state index < -0.39 is 11.7 Å². The number of anilines is 1. The highest BCUT2D eigenvalue weighted by Crippen LogP contribution is 2.44. The Labute approximate surface area is 258 Å². The highest BCUT2D eigenvalue weighted by atomic mass is 32.1. The van der Waals surface area contributed by atoms with Crippen molar-refractivity contribution < 1.29 is 22.6 Å². The summed E-state index contributed by atoms with van der Waals surface area (Å²) in [7, 11) is 1.61. The van der Waals surface area contributed by atoms with Crippen molar-refractivity contribution in [2.24, 2.45) is 0 Å². The highest BCUT2D eigenvalue weighted by molar-refractivity contribution is 7.80. The summed E-state index contributed by atoms with van der Waals surface area (Å²) in [5, 5.41) is 3.96. The molecule has 3 aromatic carbocycles. The quantitative estimate of drug-likeness (QED) is 0.186. The van der Waals surface area contributed by atoms with E-state index in [0.717, 1.165) is 40.1 Å². The minimum Gasteiger partial charge on any atom is -0.497 e. The molecule has 1 saturated heterocycles. The molecule has 1 N–H and O–H groups in total. The Hall–Kier alpha value is -4.83. The third-order valence-electron chi connectivity index (χ3n) is 7.73. The van der Waals surface area contributed by atoms with Crippen LogP contribution in [-0.2, 0) is 6.18 Å². The second kappa shape index (κ2) is 11.7. The van der Waals surface area contributed by atoms with Crippen molar-refractivity contribution in [3.8, 4) is 22.9 Å². The second-order valence-electron chi connectivity index (χ2n) is 10.5. The first-order valence-electron chi connectivity index (χ1n) is 13.9. The van der Waals surface area contributed by atoms with E-state index >= 15 is 0 Å². The average molecular weight is 615 g/mol. The molecule has 3 heterocycles. The maximum absolute atomic E-state index is 13.6. The summed E-state index contributed by atoms with van der Waals surface area (Å²) in [6, 6.07) is 27.4. The number of benzene rings is 3. The van der Waals surface area contributed by atoms with Crippen molar-refractivity contribution in [3.05, 3.63) is 131 Å². The standard InChI is InChI=1S/C34H29F3N4O2S/c1-21-19-29(22(2)40(21)25-8-6-7-23(20-25)34(35,36)37)32-31(30-9-4-5-18-38-30)39-33(44)41(32)24-10-12-27(13-11-24)43-28-16-14-26(42-3)15-17-28/h4-20,31-32H,1-3H3,(H,39,44)/t31-,32+/m0/s1. The fourth-order valence-electron chi connectivity index (χ4n) is 5.71. The van der Waals surface area contributed by atoms with Crippen LogP contribution in [0, 0.1) is 13.8 Å². The smallest absolute Gasteiger partial charge is 0.416 e. The predicted octanol–water partition coefficient (Wildman–Crippen LogP) is 8.49. The zero-order valence-electron chi connectivity index (χ0n) is 24.2. The molecule has 6 nitrogen and oxygen atoms in total. The van der Waals surface area contributed by atoms with Gasteiger partial charge in [-0.2, -0.15) is 13.2 Å². The first-order valence-corrected chi connectivity index (χ1v) is 14.3. The van der Waals surface area contributed by atoms with Gasteiger partial charge in [-0.1, -0.05) is 12.1 Å². The van der Waals surface area contributed by atoms with E-state index in [1.807, 2.05) is 96.1 Å². The van der Waals surface area contributed by atoms with Gasteiger partial charge in [0.1, 0.15) is 17.2 Å². The van der Waals surface area contributed by atoms with Gasteiger partial charge in [-0.15, -0.1) is 0 Å². The van der Waals surface area contributed by atoms with Crippen molar-refractivity contribution in [2.75, 3.05) is 12.0 Å². The molecule has 0 spiro atoms. The SMILES string of the molecule is COc1ccc(Oc2ccc(N3C(=S)N[C@@H](c4ccccn4)[C@H]3c3cc(C)n(-c4cccc(C(F)(F)F)c4)c3C)cc2)cc1. The lowest BCUT2D eigenvalue weighted by Crippen LogP contribution is -2.29. The maximum atomic E-state index is 13.6. The zero-order valence-corrected chi connectivity index (χ0v) is 25.0. The number of aryl methyl sites for hydroxylation is 1. The molecule has 1 fully saturated rings. The third-order valence-corrected chi connectivity index (χ3v) is 8.04. The number of nitrogens with one attached hydrogen (secondary N) is 1. The lowest BCUT2D eigenvalue weighted by molar-refractivity contribution is -0.137. The minimum absolute atomic E-state index is 0.311. The van der Waals surface area contributed by atoms with Crippen LogP contribution in [0.1, 0.15) is 40.3 Å². The van der Waals surface area contributed by atoms with Crippen LogP contribution in [0.3, 0.4) is 0 Å². The molecule has 224 valence electrons. The zero-order chi connectivity index (χ0) is 31.0. The van der Waals surface area contributed by atoms with Crippen molar-refractivity contribution >= 4 is 23.0 Å². The first kappa shape index (κ1) is 29.3. The van der Waals surface area contributed by atoms with Gasteiger partial charge in [-0.25, -0.2) is 0 Å². The molecule has 0 aliphatic carbocycles. The number of hydrogen-bond donors (Lipinski definition) is 1. The molecule has 0 unspecified atom stereocenters. The number of pyridine rings is 1. The summed E-state index contributed by atoms with van der Waals surface area (Å²) in [6.07, 6.45) is -2.71. The van der Waals surface area contributed by atoms with Gasteiger partial charge in [0.05, 0.1) is 30.5 Å². The van der Waals surface area contributed by atoms with Crippen molar-refractivity contribution in [1.29, 1.82) is 0 Å². The van der Waals surface area contributed by atoms with Crippen LogP contribution in [0.2, 0.25) is 0 Å². The Morgan fingerprint density at radius 3 is 2.14 bits per heavy atom. The maximum Gasteiger partial charge on any atom is 0.416 e. The normalized spacial score (nSPS) is 16.6. The van der Waals surface area contributed by atoms with Crippen LogP contribution in [-0.4, -0.2) is 21.8 Å². The summed E-state index contributed by atoms with van der Waals surface area (Å²) in [5.74, 6) is 2.06. The molecule has 1 aliphatic heterocycles. The van der Waals surface area contributed by atoms with E-state index in [4.69, 9.17) is 21.7 Å². The molecule has 2 aromatic heterocycles. The van der Waals surface area contributed by atoms with E-state index in [-0.39, 0.29) is 12.1 Å². The third kappa shape index (κ3) is 5.60. The second-order valence-corrected chi connectivity index (χ2v) is 10.9. The van der Waals surface area contributed by atoms with E-state index in [0.29, 0.717) is 22.3 Å². The van der Waals surface area contributed by atoms with E-state index in [2.05, 4.69) is 10.3 Å². The van der Waals surface area contributed by atoms with Gasteiger partial charge in [-0.3, -0.25) is 4.98 Å². The van der Waals surface area contributed by atoms with Crippen LogP contribution >= 0.6 is 12.2 Å². The van der Waals surface area contributed by atoms with Gasteiger partial charge in [0.2, 0.25) is 0 Å². The Morgan fingerprint density at radius 2 is 1.50 bits per heavy atom. The molecular formula is C34H29F3N4O2S. The van der Waals surface area contributed by atoms with Crippen LogP contribution in [0.4, 0.5) is 18.9 Å². The van der Waals surface area contributed by atoms with Crippen LogP contribution < -0.4 is 19.7 Å². The monoisotopic (exact) mass is 614 g/mol. The molecule has 1 aliphatic rings. The minimum atomic E-state index is -4.44. The molecule has 10 heteroatoms. The molecule has 0 radical (unpaired) electrons. The number of rotatable bonds is 7. The highest BCUT2D eigenvalue weighted by Gasteiger charge is 2.42. The Balaban J connectivity index is 1.39. The van der Waals surface area contributed by atoms with Crippen molar-refractivity contribution in [3.63, 3.8) is 0 Å². The molecule has 5 aromatic rings. The van der Waals surface area contributed by atoms with Gasteiger partial charge in [-0.05, 0) is 117 Å². The number of methoxy groups -OCH3 is 1. The molecule has 0 bridgehead atoms. The average Bonchev–Trinajstić information content (AvgIpc) is 3.52. The summed E-state index contributed by atoms with van der Waals surface area (Å²) in [4.78, 5) is 6.65. The van der Waals surface area contributed by atoms with Gasteiger partial charge in [0, 0.05) is 29.0 Å². The van der Waals surface area contributed by atoms with E-state index in [1.165, 1.54) is 12.1 Å². The summed E-state index contributed by atoms with van der Waals surface area (Å²) >= 11 is 5.88. The number of thiocarbonyl (C=S) groups is 1. The number of alkyl halides is 3. The van der Waals surface area contributed by atoms with Crippen LogP contribution in [0.25, 0.3) is 5.69 Å². The van der Waals surface area contributed by atoms with Gasteiger partial charge in [0.25, 0.3) is 0 Å². The number of halogens is 3. The summed E-state index contributed by atoms with van der Waals surface area (Å²) in [6.45, 7) is 3.81. The molecule has 6 rings (SSSR count). The van der Waals surface area contributed by atoms with E-state index in [9.17, 15) is 13.2 Å². The van der Waals surface area contributed by atoms with Crippen LogP contribution in [0.5, 0.6) is 17.2 Å². The first-order chi connectivity index (χ1) is 21.1. The molecule has 0 amide bonds. The van der Waals surface area contributed by atoms with Crippen molar-refractivity contribution in [2.45, 2.75) is 32.1 Å². The van der Waals surface area contributed by atoms with Gasteiger partial charge in [0.15, 0.2) is 5.11 Å². The molecule has 0 saturated carbocycles. The Kier molecular flexibility index (Phi) is 7.77. The summed E-state index contributed by atoms with van der Waals surface area (Å²) < 4.78 is 53.8. The number of aromatic nitrogens is 2. The largest absolute Gasteiger partial charge is 0.497 e. The fraction of sp³-hybridized carbons (Fsp3) is 0.176. The lowest BCUT2D eigenvalue weighted by atomic mass is 9.96. The van der Waals surface area contributed by atoms with Gasteiger partial charge >= 0.3 is 6.18 Å². The van der Waals surface area contributed by atoms with Crippen molar-refractivity contribution in [1.82, 2.24) is 14.9 Å². The number of nitrogens with zero attached hydrogens (tertiary/aromatic N) is 3. The Bertz CT molecular complexity index is 1790. The molecule has 2 atom stereocenters. The molecule has 44 heavy (non-hydrogen) atoms. The number of ether oxygens (including phenoxy) is 2.